The minimum atomic E-state index is -0.520. The highest BCUT2D eigenvalue weighted by Crippen LogP contribution is 2.22. The average Bonchev–Trinajstić information content (AvgIpc) is 2.75. The number of hydrogen-bond donors (Lipinski definition) is 1. The van der Waals surface area contributed by atoms with Crippen LogP contribution in [0.25, 0.3) is 5.69 Å². The molecule has 0 saturated carbocycles. The molecule has 0 fully saturated rings. The third-order valence-electron chi connectivity index (χ3n) is 2.25. The summed E-state index contributed by atoms with van der Waals surface area (Å²) in [5.41, 5.74) is 0.826. The smallest absolute Gasteiger partial charge is 0.275 e. The Bertz CT molecular complexity index is 568. The Hall–Kier alpha value is -1.73. The molecular weight excluding hydrogens is 290 g/mol. The molecule has 0 amide bonds. The molecule has 7 heteroatoms. The lowest BCUT2D eigenvalue weighted by Crippen LogP contribution is -2.00. The molecule has 0 aliphatic carbocycles. The van der Waals surface area contributed by atoms with E-state index in [0.29, 0.717) is 5.69 Å². The largest absolute Gasteiger partial charge is 0.391 e. The molecule has 6 nitrogen and oxygen atoms in total. The molecule has 0 atom stereocenters. The van der Waals surface area contributed by atoms with Crippen LogP contribution in [0.3, 0.4) is 0 Å². The van der Waals surface area contributed by atoms with Gasteiger partial charge in [-0.25, -0.2) is 4.68 Å². The maximum Gasteiger partial charge on any atom is 0.275 e. The number of nitro groups is 1. The summed E-state index contributed by atoms with van der Waals surface area (Å²) in [5.74, 6) is 0. The summed E-state index contributed by atoms with van der Waals surface area (Å²) >= 11 is 3.26. The van der Waals surface area contributed by atoms with E-state index in [1.54, 1.807) is 23.1 Å². The van der Waals surface area contributed by atoms with E-state index in [9.17, 15) is 10.1 Å². The van der Waals surface area contributed by atoms with Crippen molar-refractivity contribution in [1.29, 1.82) is 0 Å². The van der Waals surface area contributed by atoms with Crippen molar-refractivity contribution in [2.75, 3.05) is 0 Å². The number of benzene rings is 1. The van der Waals surface area contributed by atoms with Gasteiger partial charge in [0.1, 0.15) is 0 Å². The van der Waals surface area contributed by atoms with Crippen LogP contribution in [-0.2, 0) is 6.61 Å². The lowest BCUT2D eigenvalue weighted by atomic mass is 10.1. The maximum atomic E-state index is 10.7. The molecule has 1 heterocycles. The Morgan fingerprint density at radius 2 is 2.29 bits per heavy atom. The summed E-state index contributed by atoms with van der Waals surface area (Å²) < 4.78 is 2.37. The van der Waals surface area contributed by atoms with E-state index in [-0.39, 0.29) is 17.9 Å². The number of rotatable bonds is 3. The lowest BCUT2D eigenvalue weighted by Gasteiger charge is -2.04. The second-order valence-electron chi connectivity index (χ2n) is 3.33. The number of nitro benzene ring substituents is 1. The standard InChI is InChI=1S/C10H8BrN3O3/c11-8-4-12-13(5-8)9-1-2-10(14(16)17)7(3-9)6-15/h1-5,15H,6H2. The van der Waals surface area contributed by atoms with E-state index < -0.39 is 4.92 Å². The van der Waals surface area contributed by atoms with Gasteiger partial charge in [0.25, 0.3) is 5.69 Å². The van der Waals surface area contributed by atoms with Gasteiger partial charge in [0.2, 0.25) is 0 Å². The van der Waals surface area contributed by atoms with Crippen molar-refractivity contribution in [3.05, 3.63) is 50.7 Å². The molecule has 2 rings (SSSR count). The summed E-state index contributed by atoms with van der Waals surface area (Å²) in [4.78, 5) is 10.2. The first kappa shape index (κ1) is 11.7. The SMILES string of the molecule is O=[N+]([O-])c1ccc(-n2cc(Br)cn2)cc1CO. The highest BCUT2D eigenvalue weighted by Gasteiger charge is 2.14. The molecule has 0 spiro atoms. The van der Waals surface area contributed by atoms with Gasteiger partial charge < -0.3 is 5.11 Å². The van der Waals surface area contributed by atoms with Crippen LogP contribution >= 0.6 is 15.9 Å². The zero-order chi connectivity index (χ0) is 12.4. The van der Waals surface area contributed by atoms with Crippen LogP contribution in [0.1, 0.15) is 5.56 Å². The second kappa shape index (κ2) is 4.64. The summed E-state index contributed by atoms with van der Waals surface area (Å²) in [6.45, 7) is -0.382. The molecule has 1 aromatic carbocycles. The van der Waals surface area contributed by atoms with E-state index in [4.69, 9.17) is 5.11 Å². The Kier molecular flexibility index (Phi) is 3.21. The fourth-order valence-corrected chi connectivity index (χ4v) is 1.75. The third kappa shape index (κ3) is 2.34. The van der Waals surface area contributed by atoms with Crippen LogP contribution in [0.2, 0.25) is 0 Å². The first-order valence-electron chi connectivity index (χ1n) is 4.70. The monoisotopic (exact) mass is 297 g/mol. The summed E-state index contributed by atoms with van der Waals surface area (Å²) in [6, 6.07) is 4.48. The summed E-state index contributed by atoms with van der Waals surface area (Å²) in [6.07, 6.45) is 3.34. The van der Waals surface area contributed by atoms with Gasteiger partial charge in [0, 0.05) is 12.3 Å². The van der Waals surface area contributed by atoms with Crippen molar-refractivity contribution in [2.24, 2.45) is 0 Å². The molecule has 0 saturated heterocycles. The number of aromatic nitrogens is 2. The zero-order valence-corrected chi connectivity index (χ0v) is 10.2. The number of aliphatic hydroxyl groups excluding tert-OH is 1. The Labute approximate surface area is 105 Å². The molecule has 0 radical (unpaired) electrons. The fraction of sp³-hybridized carbons (Fsp3) is 0.100. The normalized spacial score (nSPS) is 10.5. The van der Waals surface area contributed by atoms with Crippen molar-refractivity contribution < 1.29 is 10.0 Å². The average molecular weight is 298 g/mol. The second-order valence-corrected chi connectivity index (χ2v) is 4.25. The lowest BCUT2D eigenvalue weighted by molar-refractivity contribution is -0.385. The Balaban J connectivity index is 2.48. The summed E-state index contributed by atoms with van der Waals surface area (Å²) in [7, 11) is 0. The van der Waals surface area contributed by atoms with E-state index in [1.807, 2.05) is 0 Å². The molecule has 0 bridgehead atoms. The molecular formula is C10H8BrN3O3. The molecule has 0 aliphatic rings. The quantitative estimate of drug-likeness (QED) is 0.694. The van der Waals surface area contributed by atoms with Gasteiger partial charge in [0.15, 0.2) is 0 Å². The minimum absolute atomic E-state index is 0.0949. The van der Waals surface area contributed by atoms with Crippen LogP contribution in [-0.4, -0.2) is 19.8 Å². The van der Waals surface area contributed by atoms with Gasteiger partial charge in [-0.15, -0.1) is 0 Å². The van der Waals surface area contributed by atoms with Crippen LogP contribution in [0.4, 0.5) is 5.69 Å². The maximum absolute atomic E-state index is 10.7. The molecule has 2 aromatic rings. The zero-order valence-electron chi connectivity index (χ0n) is 8.58. The van der Waals surface area contributed by atoms with Crippen LogP contribution in [0.5, 0.6) is 0 Å². The minimum Gasteiger partial charge on any atom is -0.391 e. The first-order chi connectivity index (χ1) is 8.11. The number of nitrogens with zero attached hydrogens (tertiary/aromatic N) is 3. The number of halogens is 1. The van der Waals surface area contributed by atoms with Crippen molar-refractivity contribution in [1.82, 2.24) is 9.78 Å². The van der Waals surface area contributed by atoms with Gasteiger partial charge in [-0.3, -0.25) is 10.1 Å². The van der Waals surface area contributed by atoms with Gasteiger partial charge in [-0.2, -0.15) is 5.10 Å². The first-order valence-corrected chi connectivity index (χ1v) is 5.50. The van der Waals surface area contributed by atoms with Gasteiger partial charge in [-0.1, -0.05) is 0 Å². The molecule has 17 heavy (non-hydrogen) atoms. The van der Waals surface area contributed by atoms with E-state index in [2.05, 4.69) is 21.0 Å². The summed E-state index contributed by atoms with van der Waals surface area (Å²) in [5, 5.41) is 23.9. The molecule has 0 aliphatic heterocycles. The Morgan fingerprint density at radius 1 is 1.53 bits per heavy atom. The fourth-order valence-electron chi connectivity index (χ4n) is 1.46. The van der Waals surface area contributed by atoms with Crippen LogP contribution in [0.15, 0.2) is 35.1 Å². The van der Waals surface area contributed by atoms with E-state index in [1.165, 1.54) is 12.1 Å². The van der Waals surface area contributed by atoms with Gasteiger partial charge in [0.05, 0.1) is 33.5 Å². The third-order valence-corrected chi connectivity index (χ3v) is 2.66. The van der Waals surface area contributed by atoms with Crippen molar-refractivity contribution in [2.45, 2.75) is 6.61 Å². The molecule has 1 aromatic heterocycles. The van der Waals surface area contributed by atoms with E-state index >= 15 is 0 Å². The number of aliphatic hydroxyl groups is 1. The van der Waals surface area contributed by atoms with Gasteiger partial charge >= 0.3 is 0 Å². The van der Waals surface area contributed by atoms with Crippen molar-refractivity contribution >= 4 is 21.6 Å². The number of hydrogen-bond acceptors (Lipinski definition) is 4. The highest BCUT2D eigenvalue weighted by atomic mass is 79.9. The van der Waals surface area contributed by atoms with Crippen LogP contribution < -0.4 is 0 Å². The van der Waals surface area contributed by atoms with E-state index in [0.717, 1.165) is 4.47 Å². The van der Waals surface area contributed by atoms with Crippen molar-refractivity contribution in [3.8, 4) is 5.69 Å². The predicted molar refractivity (Wildman–Crippen MR) is 63.8 cm³/mol. The Morgan fingerprint density at radius 3 is 2.82 bits per heavy atom. The topological polar surface area (TPSA) is 81.2 Å². The highest BCUT2D eigenvalue weighted by molar-refractivity contribution is 9.10. The van der Waals surface area contributed by atoms with Gasteiger partial charge in [-0.05, 0) is 28.1 Å². The van der Waals surface area contributed by atoms with Crippen molar-refractivity contribution in [3.63, 3.8) is 0 Å². The molecule has 1 N–H and O–H groups in total. The molecule has 88 valence electrons. The predicted octanol–water partition coefficient (Wildman–Crippen LogP) is 2.04. The molecule has 0 unspecified atom stereocenters. The van der Waals surface area contributed by atoms with Crippen LogP contribution in [0, 0.1) is 10.1 Å².